The summed E-state index contributed by atoms with van der Waals surface area (Å²) in [5.74, 6) is 5.67. The van der Waals surface area contributed by atoms with E-state index in [9.17, 15) is 5.11 Å². The first kappa shape index (κ1) is 21.7. The van der Waals surface area contributed by atoms with Gasteiger partial charge in [-0.15, -0.1) is 0 Å². The minimum atomic E-state index is -0.0863. The van der Waals surface area contributed by atoms with Crippen LogP contribution in [0.3, 0.4) is 0 Å². The molecule has 0 spiro atoms. The van der Waals surface area contributed by atoms with Gasteiger partial charge in [0.15, 0.2) is 0 Å². The zero-order valence-corrected chi connectivity index (χ0v) is 20.0. The van der Waals surface area contributed by atoms with Crippen LogP contribution in [0.15, 0.2) is 23.8 Å². The number of hydrogen-bond donors (Lipinski definition) is 1. The van der Waals surface area contributed by atoms with Gasteiger partial charge in [-0.25, -0.2) is 0 Å². The van der Waals surface area contributed by atoms with Crippen molar-refractivity contribution < 1.29 is 5.11 Å². The molecule has 0 heterocycles. The van der Waals surface area contributed by atoms with Crippen molar-refractivity contribution in [2.24, 2.45) is 52.3 Å². The number of hydrogen-bond acceptors (Lipinski definition) is 1. The Morgan fingerprint density at radius 1 is 0.966 bits per heavy atom. The highest BCUT2D eigenvalue weighted by Crippen LogP contribution is 2.67. The monoisotopic (exact) mass is 398 g/mol. The molecule has 1 heteroatoms. The van der Waals surface area contributed by atoms with Crippen LogP contribution >= 0.6 is 0 Å². The molecule has 4 rings (SSSR count). The van der Waals surface area contributed by atoms with Gasteiger partial charge in [-0.05, 0) is 104 Å². The Morgan fingerprint density at radius 3 is 2.45 bits per heavy atom. The third-order valence-corrected chi connectivity index (χ3v) is 10.4. The lowest BCUT2D eigenvalue weighted by Gasteiger charge is -2.58. The van der Waals surface area contributed by atoms with E-state index < -0.39 is 0 Å². The lowest BCUT2D eigenvalue weighted by Crippen LogP contribution is -2.51. The summed E-state index contributed by atoms with van der Waals surface area (Å²) < 4.78 is 0. The van der Waals surface area contributed by atoms with E-state index in [1.807, 2.05) is 0 Å². The molecule has 2 unspecified atom stereocenters. The van der Waals surface area contributed by atoms with Crippen LogP contribution in [0.25, 0.3) is 0 Å². The summed E-state index contributed by atoms with van der Waals surface area (Å²) in [6.07, 6.45) is 17.6. The summed E-state index contributed by atoms with van der Waals surface area (Å²) in [4.78, 5) is 0. The van der Waals surface area contributed by atoms with Gasteiger partial charge in [0.1, 0.15) is 0 Å². The van der Waals surface area contributed by atoms with E-state index in [1.54, 1.807) is 5.57 Å². The number of aliphatic hydroxyl groups is 1. The van der Waals surface area contributed by atoms with Gasteiger partial charge in [-0.1, -0.05) is 65.3 Å². The molecule has 0 amide bonds. The van der Waals surface area contributed by atoms with Crippen LogP contribution in [0.1, 0.15) is 92.9 Å². The molecule has 0 radical (unpaired) electrons. The molecule has 4 aliphatic carbocycles. The second-order valence-electron chi connectivity index (χ2n) is 12.2. The van der Waals surface area contributed by atoms with Gasteiger partial charge in [-0.2, -0.15) is 0 Å². The SMILES string of the molecule is CC(C)C=CC(C)[C@@H](C)[C@H]1CC[C@H]2[C@@H]3CC=C4CC(O)CC[C@]4(C)[C@H]3CC[C@]12C. The van der Waals surface area contributed by atoms with Crippen molar-refractivity contribution >= 4 is 0 Å². The Morgan fingerprint density at radius 2 is 1.72 bits per heavy atom. The number of rotatable bonds is 4. The van der Waals surface area contributed by atoms with Gasteiger partial charge in [0.05, 0.1) is 6.10 Å². The minimum absolute atomic E-state index is 0.0863. The summed E-state index contributed by atoms with van der Waals surface area (Å²) in [6, 6.07) is 0. The number of fused-ring (bicyclic) bond motifs is 5. The van der Waals surface area contributed by atoms with Crippen LogP contribution in [0.2, 0.25) is 0 Å². The molecule has 0 aromatic carbocycles. The number of aliphatic hydroxyl groups excluding tert-OH is 1. The first-order valence-electron chi connectivity index (χ1n) is 12.7. The summed E-state index contributed by atoms with van der Waals surface area (Å²) in [7, 11) is 0. The average molecular weight is 399 g/mol. The fourth-order valence-electron chi connectivity index (χ4n) is 8.49. The molecule has 1 N–H and O–H groups in total. The maximum Gasteiger partial charge on any atom is 0.0577 e. The Kier molecular flexibility index (Phi) is 5.86. The highest BCUT2D eigenvalue weighted by atomic mass is 16.3. The van der Waals surface area contributed by atoms with E-state index in [0.717, 1.165) is 42.4 Å². The van der Waals surface area contributed by atoms with Crippen molar-refractivity contribution in [3.63, 3.8) is 0 Å². The Hall–Kier alpha value is -0.560. The molecule has 29 heavy (non-hydrogen) atoms. The third-order valence-electron chi connectivity index (χ3n) is 10.4. The Bertz CT molecular complexity index is 659. The zero-order valence-electron chi connectivity index (χ0n) is 20.0. The lowest BCUT2D eigenvalue weighted by molar-refractivity contribution is -0.0588. The predicted molar refractivity (Wildman–Crippen MR) is 124 cm³/mol. The largest absolute Gasteiger partial charge is 0.393 e. The zero-order chi connectivity index (χ0) is 21.0. The molecule has 3 fully saturated rings. The molecule has 0 aromatic heterocycles. The van der Waals surface area contributed by atoms with Crippen LogP contribution in [0, 0.1) is 52.3 Å². The van der Waals surface area contributed by atoms with E-state index >= 15 is 0 Å². The second kappa shape index (κ2) is 7.85. The van der Waals surface area contributed by atoms with Crippen molar-refractivity contribution in [3.8, 4) is 0 Å². The predicted octanol–water partition coefficient (Wildman–Crippen LogP) is 7.41. The maximum absolute atomic E-state index is 10.2. The van der Waals surface area contributed by atoms with E-state index in [0.29, 0.717) is 22.7 Å². The fraction of sp³-hybridized carbons (Fsp3) is 0.857. The van der Waals surface area contributed by atoms with Crippen molar-refractivity contribution in [2.45, 2.75) is 99.0 Å². The van der Waals surface area contributed by atoms with Gasteiger partial charge in [-0.3, -0.25) is 0 Å². The molecule has 1 nitrogen and oxygen atoms in total. The highest BCUT2D eigenvalue weighted by Gasteiger charge is 2.59. The normalized spacial score (nSPS) is 46.8. The van der Waals surface area contributed by atoms with Gasteiger partial charge >= 0.3 is 0 Å². The van der Waals surface area contributed by atoms with E-state index in [2.05, 4.69) is 59.8 Å². The van der Waals surface area contributed by atoms with E-state index in [1.165, 1.54) is 38.5 Å². The summed E-state index contributed by atoms with van der Waals surface area (Å²) in [6.45, 7) is 14.8. The van der Waals surface area contributed by atoms with Crippen molar-refractivity contribution in [1.29, 1.82) is 0 Å². The minimum Gasteiger partial charge on any atom is -0.393 e. The van der Waals surface area contributed by atoms with Crippen molar-refractivity contribution in [1.82, 2.24) is 0 Å². The first-order valence-corrected chi connectivity index (χ1v) is 12.7. The third kappa shape index (κ3) is 3.58. The molecule has 164 valence electrons. The molecule has 0 saturated heterocycles. The van der Waals surface area contributed by atoms with Crippen LogP contribution < -0.4 is 0 Å². The highest BCUT2D eigenvalue weighted by molar-refractivity contribution is 5.25. The van der Waals surface area contributed by atoms with Crippen molar-refractivity contribution in [3.05, 3.63) is 23.8 Å². The van der Waals surface area contributed by atoms with Crippen LogP contribution in [-0.2, 0) is 0 Å². The molecule has 4 aliphatic rings. The van der Waals surface area contributed by atoms with Crippen LogP contribution in [0.4, 0.5) is 0 Å². The molecule has 0 aliphatic heterocycles. The van der Waals surface area contributed by atoms with Gasteiger partial charge in [0.2, 0.25) is 0 Å². The van der Waals surface area contributed by atoms with Crippen LogP contribution in [0.5, 0.6) is 0 Å². The molecule has 0 bridgehead atoms. The Balaban J connectivity index is 1.54. The average Bonchev–Trinajstić information content (AvgIpc) is 3.03. The quantitative estimate of drug-likeness (QED) is 0.489. The topological polar surface area (TPSA) is 20.2 Å². The molecular weight excluding hydrogens is 352 g/mol. The van der Waals surface area contributed by atoms with Gasteiger partial charge in [0.25, 0.3) is 0 Å². The maximum atomic E-state index is 10.2. The molecular formula is C28H46O. The molecule has 0 aromatic rings. The first-order chi connectivity index (χ1) is 13.7. The van der Waals surface area contributed by atoms with E-state index in [-0.39, 0.29) is 6.10 Å². The van der Waals surface area contributed by atoms with Gasteiger partial charge < -0.3 is 5.11 Å². The Labute approximate surface area is 180 Å². The second-order valence-corrected chi connectivity index (χ2v) is 12.2. The van der Waals surface area contributed by atoms with Crippen LogP contribution in [-0.4, -0.2) is 11.2 Å². The molecule has 9 atom stereocenters. The van der Waals surface area contributed by atoms with E-state index in [4.69, 9.17) is 0 Å². The van der Waals surface area contributed by atoms with Crippen molar-refractivity contribution in [2.75, 3.05) is 0 Å². The summed E-state index contributed by atoms with van der Waals surface area (Å²) in [5.41, 5.74) is 2.52. The number of allylic oxidation sites excluding steroid dienone is 3. The smallest absolute Gasteiger partial charge is 0.0577 e. The molecule has 3 saturated carbocycles. The fourth-order valence-corrected chi connectivity index (χ4v) is 8.49. The van der Waals surface area contributed by atoms with Gasteiger partial charge in [0, 0.05) is 0 Å². The summed E-state index contributed by atoms with van der Waals surface area (Å²) >= 11 is 0. The summed E-state index contributed by atoms with van der Waals surface area (Å²) in [5, 5.41) is 10.2. The standard InChI is InChI=1S/C28H46O/c1-18(2)7-8-19(3)20(4)24-11-12-25-23-10-9-21-17-22(29)13-15-27(21,5)26(23)14-16-28(24,25)6/h7-9,18-20,22-26,29H,10-17H2,1-6H3/t19?,20-,22?,23+,24-,25+,26+,27+,28-/m1/s1. The lowest BCUT2D eigenvalue weighted by atomic mass is 9.47.